The Balaban J connectivity index is 1.78. The van der Waals surface area contributed by atoms with Gasteiger partial charge in [0.15, 0.2) is 18.1 Å². The van der Waals surface area contributed by atoms with Gasteiger partial charge in [0.1, 0.15) is 6.54 Å². The lowest BCUT2D eigenvalue weighted by molar-refractivity contribution is -0.143. The number of methoxy groups -OCH3 is 2. The molecule has 1 N–H and O–H groups in total. The Bertz CT molecular complexity index is 1070. The van der Waals surface area contributed by atoms with Gasteiger partial charge in [-0.25, -0.2) is 4.79 Å². The summed E-state index contributed by atoms with van der Waals surface area (Å²) in [5.74, 6) is -1.14. The first-order valence-electron chi connectivity index (χ1n) is 9.39. The molecule has 0 aromatic heterocycles. The van der Waals surface area contributed by atoms with E-state index < -0.39 is 29.6 Å². The average Bonchev–Trinajstić information content (AvgIpc) is 3.05. The Morgan fingerprint density at radius 2 is 1.81 bits per heavy atom. The molecule has 0 saturated carbocycles. The lowest BCUT2D eigenvalue weighted by Crippen LogP contribution is -2.36. The van der Waals surface area contributed by atoms with Gasteiger partial charge in [0.05, 0.1) is 19.1 Å². The second-order valence-electron chi connectivity index (χ2n) is 6.43. The van der Waals surface area contributed by atoms with Gasteiger partial charge in [-0.1, -0.05) is 30.3 Å². The number of carbonyl (C=O) groups is 4. The summed E-state index contributed by atoms with van der Waals surface area (Å²) in [4.78, 5) is 49.9. The molecule has 3 rings (SSSR count). The summed E-state index contributed by atoms with van der Waals surface area (Å²) < 4.78 is 15.4. The highest BCUT2D eigenvalue weighted by molar-refractivity contribution is 8.18. The fourth-order valence-electron chi connectivity index (χ4n) is 2.79. The minimum absolute atomic E-state index is 0.110. The third-order valence-corrected chi connectivity index (χ3v) is 5.22. The SMILES string of the molecule is COC(=O)COc1c(/C=C2/SC(=O)N(CC(=O)Nc3ccccc3)C2=O)cccc1OC. The van der Waals surface area contributed by atoms with E-state index >= 15 is 0 Å². The van der Waals surface area contributed by atoms with E-state index in [-0.39, 0.29) is 17.3 Å². The van der Waals surface area contributed by atoms with E-state index in [1.165, 1.54) is 20.3 Å². The summed E-state index contributed by atoms with van der Waals surface area (Å²) in [7, 11) is 2.67. The van der Waals surface area contributed by atoms with E-state index in [1.807, 2.05) is 0 Å². The molecular weight excluding hydrogens is 436 g/mol. The molecule has 10 heteroatoms. The smallest absolute Gasteiger partial charge is 0.343 e. The van der Waals surface area contributed by atoms with E-state index in [0.717, 1.165) is 4.90 Å². The van der Waals surface area contributed by atoms with Crippen LogP contribution in [-0.2, 0) is 19.1 Å². The van der Waals surface area contributed by atoms with Gasteiger partial charge in [0.25, 0.3) is 11.1 Å². The maximum absolute atomic E-state index is 12.8. The fraction of sp³-hybridized carbons (Fsp3) is 0.182. The van der Waals surface area contributed by atoms with E-state index in [4.69, 9.17) is 9.47 Å². The molecule has 0 atom stereocenters. The van der Waals surface area contributed by atoms with Crippen LogP contribution >= 0.6 is 11.8 Å². The number of anilines is 1. The standard InChI is InChI=1S/C22H20N2O7S/c1-29-16-10-6-7-14(20(16)31-13-19(26)30-2)11-17-21(27)24(22(28)32-17)12-18(25)23-15-8-4-3-5-9-15/h3-11H,12-13H2,1-2H3,(H,23,25)/b17-11+. The van der Waals surface area contributed by atoms with Gasteiger partial charge in [-0.2, -0.15) is 0 Å². The molecule has 1 saturated heterocycles. The summed E-state index contributed by atoms with van der Waals surface area (Å²) in [5, 5.41) is 2.07. The number of hydrogen-bond donors (Lipinski definition) is 1. The van der Waals surface area contributed by atoms with Crippen LogP contribution in [0.1, 0.15) is 5.56 Å². The Morgan fingerprint density at radius 1 is 1.06 bits per heavy atom. The number of rotatable bonds is 8. The topological polar surface area (TPSA) is 111 Å². The number of amides is 3. The van der Waals surface area contributed by atoms with Crippen LogP contribution in [0.3, 0.4) is 0 Å². The first-order valence-corrected chi connectivity index (χ1v) is 10.2. The number of esters is 1. The Labute approximate surface area is 188 Å². The highest BCUT2D eigenvalue weighted by Gasteiger charge is 2.36. The molecule has 9 nitrogen and oxygen atoms in total. The van der Waals surface area contributed by atoms with Crippen molar-refractivity contribution < 1.29 is 33.4 Å². The van der Waals surface area contributed by atoms with Crippen molar-refractivity contribution >= 4 is 46.5 Å². The number of para-hydroxylation sites is 2. The molecular formula is C22H20N2O7S. The first-order chi connectivity index (χ1) is 15.4. The molecule has 2 aromatic carbocycles. The predicted molar refractivity (Wildman–Crippen MR) is 118 cm³/mol. The molecule has 1 heterocycles. The lowest BCUT2D eigenvalue weighted by atomic mass is 10.1. The monoisotopic (exact) mass is 456 g/mol. The van der Waals surface area contributed by atoms with Gasteiger partial charge in [0, 0.05) is 11.3 Å². The summed E-state index contributed by atoms with van der Waals surface area (Å²) in [5.41, 5.74) is 0.983. The third-order valence-electron chi connectivity index (χ3n) is 4.31. The second kappa shape index (κ2) is 10.5. The number of ether oxygens (including phenoxy) is 3. The van der Waals surface area contributed by atoms with Crippen molar-refractivity contribution in [1.82, 2.24) is 4.90 Å². The molecule has 1 fully saturated rings. The molecule has 0 spiro atoms. The molecule has 1 aliphatic rings. The predicted octanol–water partition coefficient (Wildman–Crippen LogP) is 2.92. The summed E-state index contributed by atoms with van der Waals surface area (Å²) >= 11 is 0.707. The molecule has 1 aliphatic heterocycles. The Morgan fingerprint density at radius 3 is 2.50 bits per heavy atom. The van der Waals surface area contributed by atoms with Crippen molar-refractivity contribution in [2.45, 2.75) is 0 Å². The molecule has 0 radical (unpaired) electrons. The largest absolute Gasteiger partial charge is 0.493 e. The minimum Gasteiger partial charge on any atom is -0.493 e. The number of carbonyl (C=O) groups excluding carboxylic acids is 4. The molecule has 32 heavy (non-hydrogen) atoms. The van der Waals surface area contributed by atoms with Gasteiger partial charge in [-0.15, -0.1) is 0 Å². The van der Waals surface area contributed by atoms with Crippen molar-refractivity contribution in [1.29, 1.82) is 0 Å². The zero-order chi connectivity index (χ0) is 23.1. The van der Waals surface area contributed by atoms with Crippen molar-refractivity contribution in [2.24, 2.45) is 0 Å². The van der Waals surface area contributed by atoms with Crippen molar-refractivity contribution in [3.63, 3.8) is 0 Å². The van der Waals surface area contributed by atoms with Gasteiger partial charge in [-0.05, 0) is 36.0 Å². The first kappa shape index (κ1) is 22.9. The number of thioether (sulfide) groups is 1. The third kappa shape index (κ3) is 5.46. The van der Waals surface area contributed by atoms with Crippen LogP contribution in [0.25, 0.3) is 6.08 Å². The average molecular weight is 456 g/mol. The maximum Gasteiger partial charge on any atom is 0.343 e. The second-order valence-corrected chi connectivity index (χ2v) is 7.42. The van der Waals surface area contributed by atoms with Gasteiger partial charge < -0.3 is 19.5 Å². The zero-order valence-corrected chi connectivity index (χ0v) is 18.1. The van der Waals surface area contributed by atoms with Crippen LogP contribution in [0.5, 0.6) is 11.5 Å². The van der Waals surface area contributed by atoms with E-state index in [2.05, 4.69) is 10.1 Å². The number of nitrogens with one attached hydrogen (secondary N) is 1. The van der Waals surface area contributed by atoms with Crippen LogP contribution in [0, 0.1) is 0 Å². The molecule has 0 aliphatic carbocycles. The molecule has 0 bridgehead atoms. The van der Waals surface area contributed by atoms with Crippen LogP contribution in [0.4, 0.5) is 10.5 Å². The number of hydrogen-bond acceptors (Lipinski definition) is 8. The van der Waals surface area contributed by atoms with Gasteiger partial charge in [0.2, 0.25) is 5.91 Å². The summed E-state index contributed by atoms with van der Waals surface area (Å²) in [6, 6.07) is 13.7. The molecule has 166 valence electrons. The molecule has 2 aromatic rings. The van der Waals surface area contributed by atoms with Crippen LogP contribution in [0.15, 0.2) is 53.4 Å². The minimum atomic E-state index is -0.607. The number of imide groups is 1. The highest BCUT2D eigenvalue weighted by atomic mass is 32.2. The van der Waals surface area contributed by atoms with E-state index in [9.17, 15) is 19.2 Å². The normalized spacial score (nSPS) is 14.4. The van der Waals surface area contributed by atoms with E-state index in [0.29, 0.717) is 28.8 Å². The number of benzene rings is 2. The Hall–Kier alpha value is -3.79. The van der Waals surface area contributed by atoms with Gasteiger partial charge in [-0.3, -0.25) is 19.3 Å². The highest BCUT2D eigenvalue weighted by Crippen LogP contribution is 2.37. The maximum atomic E-state index is 12.8. The molecule has 0 unspecified atom stereocenters. The Kier molecular flexibility index (Phi) is 7.50. The van der Waals surface area contributed by atoms with Crippen LogP contribution < -0.4 is 14.8 Å². The van der Waals surface area contributed by atoms with Gasteiger partial charge >= 0.3 is 5.97 Å². The van der Waals surface area contributed by atoms with Crippen molar-refractivity contribution in [3.8, 4) is 11.5 Å². The summed E-state index contributed by atoms with van der Waals surface area (Å²) in [6.07, 6.45) is 1.45. The number of nitrogens with zero attached hydrogens (tertiary/aromatic N) is 1. The quantitative estimate of drug-likeness (QED) is 0.477. The van der Waals surface area contributed by atoms with Crippen molar-refractivity contribution in [2.75, 3.05) is 32.7 Å². The van der Waals surface area contributed by atoms with Crippen LogP contribution in [-0.4, -0.2) is 55.3 Å². The van der Waals surface area contributed by atoms with E-state index in [1.54, 1.807) is 48.5 Å². The molecule has 3 amide bonds. The van der Waals surface area contributed by atoms with Crippen molar-refractivity contribution in [3.05, 3.63) is 59.0 Å². The fourth-order valence-corrected chi connectivity index (χ4v) is 3.62. The summed E-state index contributed by atoms with van der Waals surface area (Å²) in [6.45, 7) is -0.778. The lowest BCUT2D eigenvalue weighted by Gasteiger charge is -2.13. The zero-order valence-electron chi connectivity index (χ0n) is 17.3. The van der Waals surface area contributed by atoms with Crippen LogP contribution in [0.2, 0.25) is 0 Å².